The number of nitrogens with one attached hydrogen (secondary N) is 2. The first-order valence-electron chi connectivity index (χ1n) is 7.35. The number of carbonyl (C=O) groups excluding carboxylic acids is 2. The van der Waals surface area contributed by atoms with Gasteiger partial charge in [0.2, 0.25) is 0 Å². The maximum Gasteiger partial charge on any atom is 0.276 e. The molecule has 2 rings (SSSR count). The number of rotatable bonds is 5. The first-order valence-corrected chi connectivity index (χ1v) is 8.15. The number of hydrogen-bond acceptors (Lipinski definition) is 3. The van der Waals surface area contributed by atoms with Gasteiger partial charge in [0.15, 0.2) is 6.61 Å². The highest BCUT2D eigenvalue weighted by molar-refractivity contribution is 9.10. The zero-order valence-corrected chi connectivity index (χ0v) is 15.0. The Labute approximate surface area is 153 Å². The highest BCUT2D eigenvalue weighted by Crippen LogP contribution is 2.25. The highest BCUT2D eigenvalue weighted by Gasteiger charge is 2.06. The zero-order valence-electron chi connectivity index (χ0n) is 13.4. The van der Waals surface area contributed by atoms with Gasteiger partial charge in [-0.2, -0.15) is 0 Å². The van der Waals surface area contributed by atoms with Gasteiger partial charge >= 0.3 is 0 Å². The molecule has 0 aliphatic heterocycles. The van der Waals surface area contributed by atoms with Crippen LogP contribution in [0.25, 0.3) is 6.08 Å². The average molecular weight is 407 g/mol. The molecule has 0 unspecified atom stereocenters. The molecule has 7 heteroatoms. The molecule has 0 atom stereocenters. The maximum atomic E-state index is 12.8. The fourth-order valence-corrected chi connectivity index (χ4v) is 2.43. The SMILES string of the molecule is Cc1ccc(OCC(=O)NNC(=O)/C=C/c2ccc(F)cc2)c(Br)c1. The molecule has 0 fully saturated rings. The molecule has 0 aliphatic rings. The van der Waals surface area contributed by atoms with E-state index in [0.29, 0.717) is 11.3 Å². The summed E-state index contributed by atoms with van der Waals surface area (Å²) in [6, 6.07) is 11.1. The molecule has 0 spiro atoms. The third-order valence-electron chi connectivity index (χ3n) is 3.07. The Hall–Kier alpha value is -2.67. The molecule has 0 aliphatic carbocycles. The van der Waals surface area contributed by atoms with Crippen molar-refractivity contribution in [3.63, 3.8) is 0 Å². The average Bonchev–Trinajstić information content (AvgIpc) is 2.58. The molecule has 5 nitrogen and oxygen atoms in total. The normalized spacial score (nSPS) is 10.5. The van der Waals surface area contributed by atoms with Crippen molar-refractivity contribution in [1.82, 2.24) is 10.9 Å². The summed E-state index contributed by atoms with van der Waals surface area (Å²) in [5, 5.41) is 0. The van der Waals surface area contributed by atoms with Crippen molar-refractivity contribution in [2.45, 2.75) is 6.92 Å². The Balaban J connectivity index is 1.75. The summed E-state index contributed by atoms with van der Waals surface area (Å²) >= 11 is 3.35. The number of aryl methyl sites for hydroxylation is 1. The van der Waals surface area contributed by atoms with E-state index in [9.17, 15) is 14.0 Å². The number of ether oxygens (including phenoxy) is 1. The second-order valence-electron chi connectivity index (χ2n) is 5.14. The summed E-state index contributed by atoms with van der Waals surface area (Å²) in [6.07, 6.45) is 2.73. The second kappa shape index (κ2) is 8.98. The molecule has 2 aromatic rings. The molecule has 0 aromatic heterocycles. The van der Waals surface area contributed by atoms with Crippen molar-refractivity contribution >= 4 is 33.8 Å². The monoisotopic (exact) mass is 406 g/mol. The summed E-state index contributed by atoms with van der Waals surface area (Å²) in [5.74, 6) is -0.845. The Kier molecular flexibility index (Phi) is 6.71. The lowest BCUT2D eigenvalue weighted by molar-refractivity contribution is -0.128. The predicted octanol–water partition coefficient (Wildman–Crippen LogP) is 3.14. The number of benzene rings is 2. The van der Waals surface area contributed by atoms with Crippen molar-refractivity contribution in [3.8, 4) is 5.75 Å². The van der Waals surface area contributed by atoms with Crippen molar-refractivity contribution in [3.05, 3.63) is 70.0 Å². The Morgan fingerprint density at radius 1 is 1.16 bits per heavy atom. The van der Waals surface area contributed by atoms with Gasteiger partial charge in [-0.3, -0.25) is 20.4 Å². The Morgan fingerprint density at radius 2 is 1.88 bits per heavy atom. The van der Waals surface area contributed by atoms with Crippen molar-refractivity contribution in [2.75, 3.05) is 6.61 Å². The molecule has 130 valence electrons. The number of amides is 2. The van der Waals surface area contributed by atoms with Crippen LogP contribution in [0.3, 0.4) is 0 Å². The van der Waals surface area contributed by atoms with Crippen LogP contribution in [-0.4, -0.2) is 18.4 Å². The number of carbonyl (C=O) groups is 2. The number of halogens is 2. The van der Waals surface area contributed by atoms with Crippen LogP contribution in [0.2, 0.25) is 0 Å². The quantitative estimate of drug-likeness (QED) is 0.591. The van der Waals surface area contributed by atoms with E-state index < -0.39 is 11.8 Å². The van der Waals surface area contributed by atoms with Crippen LogP contribution in [0.15, 0.2) is 53.0 Å². The summed E-state index contributed by atoms with van der Waals surface area (Å²) in [7, 11) is 0. The molecular weight excluding hydrogens is 391 g/mol. The summed E-state index contributed by atoms with van der Waals surface area (Å²) in [6.45, 7) is 1.69. The van der Waals surface area contributed by atoms with Crippen LogP contribution in [0.1, 0.15) is 11.1 Å². The molecule has 0 saturated carbocycles. The standard InChI is InChI=1S/C18H16BrFN2O3/c1-12-2-8-16(15(19)10-12)25-11-18(24)22-21-17(23)9-5-13-3-6-14(20)7-4-13/h2-10H,11H2,1H3,(H,21,23)(H,22,24)/b9-5+. The Bertz CT molecular complexity index is 791. The summed E-state index contributed by atoms with van der Waals surface area (Å²) in [5.41, 5.74) is 6.19. The van der Waals surface area contributed by atoms with Crippen LogP contribution in [-0.2, 0) is 9.59 Å². The zero-order chi connectivity index (χ0) is 18.2. The first-order chi connectivity index (χ1) is 11.9. The van der Waals surface area contributed by atoms with Gasteiger partial charge in [0.1, 0.15) is 11.6 Å². The largest absolute Gasteiger partial charge is 0.483 e. The van der Waals surface area contributed by atoms with E-state index in [1.165, 1.54) is 36.4 Å². The lowest BCUT2D eigenvalue weighted by Gasteiger charge is -2.09. The van der Waals surface area contributed by atoms with E-state index in [1.807, 2.05) is 19.1 Å². The number of hydrazine groups is 1. The van der Waals surface area contributed by atoms with Gasteiger partial charge in [-0.25, -0.2) is 4.39 Å². The van der Waals surface area contributed by atoms with Crippen LogP contribution in [0.4, 0.5) is 4.39 Å². The van der Waals surface area contributed by atoms with Gasteiger partial charge < -0.3 is 4.74 Å². The predicted molar refractivity (Wildman–Crippen MR) is 96.1 cm³/mol. The summed E-state index contributed by atoms with van der Waals surface area (Å²) < 4.78 is 18.9. The van der Waals surface area contributed by atoms with Crippen molar-refractivity contribution in [2.24, 2.45) is 0 Å². The van der Waals surface area contributed by atoms with Gasteiger partial charge in [-0.1, -0.05) is 18.2 Å². The smallest absolute Gasteiger partial charge is 0.276 e. The molecule has 0 bridgehead atoms. The molecular formula is C18H16BrFN2O3. The minimum Gasteiger partial charge on any atom is -0.483 e. The van der Waals surface area contributed by atoms with E-state index in [0.717, 1.165) is 10.0 Å². The second-order valence-corrected chi connectivity index (χ2v) is 6.00. The van der Waals surface area contributed by atoms with E-state index >= 15 is 0 Å². The molecule has 2 N–H and O–H groups in total. The van der Waals surface area contributed by atoms with E-state index in [2.05, 4.69) is 26.8 Å². The van der Waals surface area contributed by atoms with Gasteiger partial charge in [0.05, 0.1) is 4.47 Å². The van der Waals surface area contributed by atoms with Crippen LogP contribution in [0, 0.1) is 12.7 Å². The van der Waals surface area contributed by atoms with Gasteiger partial charge in [0, 0.05) is 6.08 Å². The molecule has 0 radical (unpaired) electrons. The van der Waals surface area contributed by atoms with E-state index in [-0.39, 0.29) is 12.4 Å². The topological polar surface area (TPSA) is 67.4 Å². The fraction of sp³-hybridized carbons (Fsp3) is 0.111. The van der Waals surface area contributed by atoms with Crippen molar-refractivity contribution in [1.29, 1.82) is 0 Å². The van der Waals surface area contributed by atoms with Gasteiger partial charge in [0.25, 0.3) is 11.8 Å². The van der Waals surface area contributed by atoms with Gasteiger partial charge in [-0.15, -0.1) is 0 Å². The van der Waals surface area contributed by atoms with E-state index in [1.54, 1.807) is 6.07 Å². The van der Waals surface area contributed by atoms with Crippen molar-refractivity contribution < 1.29 is 18.7 Å². The Morgan fingerprint density at radius 3 is 2.56 bits per heavy atom. The van der Waals surface area contributed by atoms with Crippen LogP contribution in [0.5, 0.6) is 5.75 Å². The van der Waals surface area contributed by atoms with Gasteiger partial charge in [-0.05, 0) is 64.3 Å². The first kappa shape index (κ1) is 18.7. The highest BCUT2D eigenvalue weighted by atomic mass is 79.9. The molecule has 0 heterocycles. The summed E-state index contributed by atoms with van der Waals surface area (Å²) in [4.78, 5) is 23.3. The van der Waals surface area contributed by atoms with Crippen LogP contribution < -0.4 is 15.6 Å². The lowest BCUT2D eigenvalue weighted by Crippen LogP contribution is -2.43. The third-order valence-corrected chi connectivity index (χ3v) is 3.69. The van der Waals surface area contributed by atoms with E-state index in [4.69, 9.17) is 4.74 Å². The molecule has 25 heavy (non-hydrogen) atoms. The lowest BCUT2D eigenvalue weighted by atomic mass is 10.2. The maximum absolute atomic E-state index is 12.8. The minimum absolute atomic E-state index is 0.246. The molecule has 2 amide bonds. The minimum atomic E-state index is -0.519. The molecule has 2 aromatic carbocycles. The van der Waals surface area contributed by atoms with Crippen LogP contribution >= 0.6 is 15.9 Å². The number of hydrogen-bond donors (Lipinski definition) is 2. The third kappa shape index (κ3) is 6.39. The fourth-order valence-electron chi connectivity index (χ4n) is 1.82. The molecule has 0 saturated heterocycles.